The lowest BCUT2D eigenvalue weighted by Gasteiger charge is -2.32. The number of alkyl halides is 3. The summed E-state index contributed by atoms with van der Waals surface area (Å²) in [7, 11) is 0. The molecule has 26 heavy (non-hydrogen) atoms. The number of aromatic nitrogens is 4. The topological polar surface area (TPSA) is 46.3 Å². The van der Waals surface area contributed by atoms with Crippen LogP contribution >= 0.6 is 0 Å². The Morgan fingerprint density at radius 1 is 1.15 bits per heavy atom. The summed E-state index contributed by atoms with van der Waals surface area (Å²) in [5.41, 5.74) is 0.807. The molecule has 1 atom stereocenters. The van der Waals surface area contributed by atoms with Crippen LogP contribution in [0.15, 0.2) is 24.5 Å². The molecule has 4 rings (SSSR count). The van der Waals surface area contributed by atoms with E-state index in [4.69, 9.17) is 0 Å². The Morgan fingerprint density at radius 3 is 2.62 bits per heavy atom. The fraction of sp³-hybridized carbons (Fsp3) is 0.312. The number of halogens is 5. The quantitative estimate of drug-likeness (QED) is 0.650. The van der Waals surface area contributed by atoms with Crippen LogP contribution in [0, 0.1) is 18.6 Å². The van der Waals surface area contributed by atoms with Gasteiger partial charge in [-0.05, 0) is 31.0 Å². The molecule has 3 heterocycles. The predicted octanol–water partition coefficient (Wildman–Crippen LogP) is 3.38. The molecule has 0 spiro atoms. The van der Waals surface area contributed by atoms with Gasteiger partial charge in [0.25, 0.3) is 5.78 Å². The Hall–Kier alpha value is -2.78. The summed E-state index contributed by atoms with van der Waals surface area (Å²) < 4.78 is 69.7. The fourth-order valence-electron chi connectivity index (χ4n) is 3.37. The Morgan fingerprint density at radius 2 is 1.92 bits per heavy atom. The number of rotatable bonds is 2. The molecule has 0 amide bonds. The van der Waals surface area contributed by atoms with Crippen molar-refractivity contribution >= 4 is 11.6 Å². The van der Waals surface area contributed by atoms with Crippen molar-refractivity contribution in [3.63, 3.8) is 0 Å². The summed E-state index contributed by atoms with van der Waals surface area (Å²) in [5, 5.41) is 3.97. The largest absolute Gasteiger partial charge is 0.413 e. The van der Waals surface area contributed by atoms with Crippen molar-refractivity contribution in [2.45, 2.75) is 25.6 Å². The first-order valence-electron chi connectivity index (χ1n) is 7.75. The van der Waals surface area contributed by atoms with E-state index in [1.807, 2.05) is 0 Å². The van der Waals surface area contributed by atoms with Gasteiger partial charge in [-0.1, -0.05) is 6.07 Å². The molecule has 0 radical (unpaired) electrons. The van der Waals surface area contributed by atoms with E-state index >= 15 is 0 Å². The molecule has 0 unspecified atom stereocenters. The maximum Gasteiger partial charge on any atom is 0.413 e. The number of anilines is 1. The van der Waals surface area contributed by atoms with Crippen molar-refractivity contribution in [3.05, 3.63) is 53.0 Å². The first-order valence-corrected chi connectivity index (χ1v) is 7.75. The molecule has 1 aromatic carbocycles. The summed E-state index contributed by atoms with van der Waals surface area (Å²) >= 11 is 0. The van der Waals surface area contributed by atoms with Gasteiger partial charge < -0.3 is 4.90 Å². The van der Waals surface area contributed by atoms with Crippen LogP contribution in [0.3, 0.4) is 0 Å². The van der Waals surface area contributed by atoms with E-state index in [-0.39, 0.29) is 23.7 Å². The third kappa shape index (κ3) is 2.47. The first kappa shape index (κ1) is 16.7. The number of hydrogen-bond donors (Lipinski definition) is 0. The highest BCUT2D eigenvalue weighted by atomic mass is 19.4. The van der Waals surface area contributed by atoms with Crippen LogP contribution in [0.5, 0.6) is 0 Å². The van der Waals surface area contributed by atoms with Crippen LogP contribution in [-0.2, 0) is 6.42 Å². The van der Waals surface area contributed by atoms with Crippen molar-refractivity contribution in [1.29, 1.82) is 0 Å². The third-order valence-corrected chi connectivity index (χ3v) is 4.46. The average molecular weight is 369 g/mol. The van der Waals surface area contributed by atoms with E-state index in [0.29, 0.717) is 29.8 Å². The average Bonchev–Trinajstić information content (AvgIpc) is 3.16. The van der Waals surface area contributed by atoms with E-state index in [0.717, 1.165) is 11.0 Å². The van der Waals surface area contributed by atoms with Crippen LogP contribution in [0.2, 0.25) is 0 Å². The lowest BCUT2D eigenvalue weighted by atomic mass is 10.0. The molecule has 136 valence electrons. The predicted molar refractivity (Wildman–Crippen MR) is 81.7 cm³/mol. The van der Waals surface area contributed by atoms with Crippen molar-refractivity contribution in [1.82, 2.24) is 19.6 Å². The van der Waals surface area contributed by atoms with Gasteiger partial charge in [0.2, 0.25) is 0 Å². The molecule has 3 aromatic rings. The minimum Gasteiger partial charge on any atom is -0.340 e. The van der Waals surface area contributed by atoms with Crippen molar-refractivity contribution in [3.8, 4) is 0 Å². The molecule has 0 saturated carbocycles. The maximum atomic E-state index is 13.9. The van der Waals surface area contributed by atoms with Gasteiger partial charge in [0, 0.05) is 17.8 Å². The zero-order valence-corrected chi connectivity index (χ0v) is 13.4. The van der Waals surface area contributed by atoms with E-state index in [1.54, 1.807) is 6.92 Å². The molecule has 0 N–H and O–H groups in total. The van der Waals surface area contributed by atoms with Crippen LogP contribution in [0.4, 0.5) is 27.8 Å². The molecule has 0 aliphatic carbocycles. The minimum absolute atomic E-state index is 0.0417. The number of aryl methyl sites for hydroxylation is 1. The lowest BCUT2D eigenvalue weighted by Crippen LogP contribution is -2.38. The SMILES string of the molecule is Cc1nc2ncnn2c2c1CCN2[C@H](c1ccc(F)c(F)c1)C(F)(F)F. The van der Waals surface area contributed by atoms with Crippen LogP contribution in [-0.4, -0.2) is 32.3 Å². The summed E-state index contributed by atoms with van der Waals surface area (Å²) in [6.07, 6.45) is -3.17. The second kappa shape index (κ2) is 5.61. The summed E-state index contributed by atoms with van der Waals surface area (Å²) in [6.45, 7) is 1.73. The first-order chi connectivity index (χ1) is 12.3. The minimum atomic E-state index is -4.71. The zero-order chi connectivity index (χ0) is 18.6. The normalized spacial score (nSPS) is 15.5. The molecule has 1 aliphatic heterocycles. The molecular weight excluding hydrogens is 357 g/mol. The van der Waals surface area contributed by atoms with Gasteiger partial charge in [-0.3, -0.25) is 0 Å². The molecule has 5 nitrogen and oxygen atoms in total. The monoisotopic (exact) mass is 369 g/mol. The summed E-state index contributed by atoms with van der Waals surface area (Å²) in [6, 6.07) is 0.0793. The van der Waals surface area contributed by atoms with Crippen molar-refractivity contribution in [2.24, 2.45) is 0 Å². The standard InChI is InChI=1S/C16H12F5N5/c1-8-10-4-5-25(14(10)26-15(24-8)22-7-23-26)13(16(19,20)21)9-2-3-11(17)12(18)6-9/h2-3,6-7,13H,4-5H2,1H3/t13-/m1/s1. The Balaban J connectivity index is 1.91. The van der Waals surface area contributed by atoms with Gasteiger partial charge in [0.1, 0.15) is 12.1 Å². The highest BCUT2D eigenvalue weighted by molar-refractivity contribution is 5.60. The summed E-state index contributed by atoms with van der Waals surface area (Å²) in [4.78, 5) is 9.26. The fourth-order valence-corrected chi connectivity index (χ4v) is 3.37. The Labute approximate surface area is 144 Å². The molecule has 0 saturated heterocycles. The summed E-state index contributed by atoms with van der Waals surface area (Å²) in [5.74, 6) is -2.13. The second-order valence-electron chi connectivity index (χ2n) is 6.03. The molecular formula is C16H12F5N5. The molecule has 0 fully saturated rings. The van der Waals surface area contributed by atoms with Gasteiger partial charge in [-0.2, -0.15) is 27.8 Å². The molecule has 10 heteroatoms. The van der Waals surface area contributed by atoms with Crippen molar-refractivity contribution < 1.29 is 22.0 Å². The molecule has 0 bridgehead atoms. The highest BCUT2D eigenvalue weighted by Crippen LogP contribution is 2.44. The molecule has 1 aliphatic rings. The third-order valence-electron chi connectivity index (χ3n) is 4.46. The number of nitrogens with zero attached hydrogens (tertiary/aromatic N) is 5. The van der Waals surface area contributed by atoms with Gasteiger partial charge in [-0.15, -0.1) is 0 Å². The Kier molecular flexibility index (Phi) is 3.60. The number of hydrogen-bond acceptors (Lipinski definition) is 4. The van der Waals surface area contributed by atoms with E-state index in [1.165, 1.54) is 10.8 Å². The van der Waals surface area contributed by atoms with Gasteiger partial charge in [-0.25, -0.2) is 13.8 Å². The smallest absolute Gasteiger partial charge is 0.340 e. The highest BCUT2D eigenvalue weighted by Gasteiger charge is 2.48. The van der Waals surface area contributed by atoms with Gasteiger partial charge >= 0.3 is 6.18 Å². The van der Waals surface area contributed by atoms with E-state index < -0.39 is 23.9 Å². The Bertz CT molecular complexity index is 997. The lowest BCUT2D eigenvalue weighted by molar-refractivity contribution is -0.150. The van der Waals surface area contributed by atoms with Gasteiger partial charge in [0.15, 0.2) is 17.7 Å². The zero-order valence-electron chi connectivity index (χ0n) is 13.4. The van der Waals surface area contributed by atoms with Crippen LogP contribution < -0.4 is 4.90 Å². The maximum absolute atomic E-state index is 13.9. The number of fused-ring (bicyclic) bond motifs is 3. The molecule has 2 aromatic heterocycles. The second-order valence-corrected chi connectivity index (χ2v) is 6.03. The van der Waals surface area contributed by atoms with E-state index in [2.05, 4.69) is 15.1 Å². The van der Waals surface area contributed by atoms with Gasteiger partial charge in [0.05, 0.1) is 0 Å². The number of benzene rings is 1. The van der Waals surface area contributed by atoms with E-state index in [9.17, 15) is 22.0 Å². The van der Waals surface area contributed by atoms with Crippen LogP contribution in [0.1, 0.15) is 22.9 Å². The van der Waals surface area contributed by atoms with Crippen LogP contribution in [0.25, 0.3) is 5.78 Å². The van der Waals surface area contributed by atoms with Crippen molar-refractivity contribution in [2.75, 3.05) is 11.4 Å².